The van der Waals surface area contributed by atoms with Crippen LogP contribution in [0.5, 0.6) is 0 Å². The van der Waals surface area contributed by atoms with E-state index in [9.17, 15) is 0 Å². The predicted octanol–water partition coefficient (Wildman–Crippen LogP) is 5.03. The van der Waals surface area contributed by atoms with Gasteiger partial charge in [-0.3, -0.25) is 0 Å². The lowest BCUT2D eigenvalue weighted by molar-refractivity contribution is 0.585. The van der Waals surface area contributed by atoms with Crippen LogP contribution in [0.25, 0.3) is 5.70 Å². The number of nitrogens with zero attached hydrogens (tertiary/aromatic N) is 3. The summed E-state index contributed by atoms with van der Waals surface area (Å²) in [6.07, 6.45) is 0. The molecule has 0 aliphatic rings. The van der Waals surface area contributed by atoms with Crippen molar-refractivity contribution in [1.82, 2.24) is 19.8 Å². The van der Waals surface area contributed by atoms with Gasteiger partial charge >= 0.3 is 0 Å². The van der Waals surface area contributed by atoms with Gasteiger partial charge in [-0.05, 0) is 38.1 Å². The Morgan fingerprint density at radius 1 is 1.37 bits per heavy atom. The molecule has 2 rings (SSSR count). The minimum absolute atomic E-state index is 0.698. The molecule has 1 N–H and O–H groups in total. The molecule has 0 amide bonds. The van der Waals surface area contributed by atoms with Crippen LogP contribution in [0.1, 0.15) is 30.8 Å². The second-order valence-electron chi connectivity index (χ2n) is 6.49. The Balaban J connectivity index is 2.40. The third kappa shape index (κ3) is 5.64. The Morgan fingerprint density at radius 3 is 2.74 bits per heavy atom. The molecule has 4 nitrogen and oxygen atoms in total. The summed E-state index contributed by atoms with van der Waals surface area (Å²) >= 11 is 7.95. The number of imidazole rings is 1. The summed E-state index contributed by atoms with van der Waals surface area (Å²) in [5.41, 5.74) is 4.98. The number of hydrogen-bond donors (Lipinski definition) is 1. The Labute approximate surface area is 172 Å². The first-order valence-corrected chi connectivity index (χ1v) is 10.4. The van der Waals surface area contributed by atoms with E-state index in [0.29, 0.717) is 6.54 Å². The van der Waals surface area contributed by atoms with Gasteiger partial charge in [-0.2, -0.15) is 0 Å². The van der Waals surface area contributed by atoms with Crippen molar-refractivity contribution < 1.29 is 0 Å². The largest absolute Gasteiger partial charge is 0.348 e. The molecule has 0 aliphatic heterocycles. The van der Waals surface area contributed by atoms with Crippen LogP contribution in [0.4, 0.5) is 0 Å². The maximum absolute atomic E-state index is 6.19. The highest BCUT2D eigenvalue weighted by atomic mass is 35.5. The molecule has 146 valence electrons. The van der Waals surface area contributed by atoms with Gasteiger partial charge in [-0.15, -0.1) is 0 Å². The van der Waals surface area contributed by atoms with Gasteiger partial charge in [0.05, 0.1) is 23.6 Å². The molecule has 0 saturated carbocycles. The molecule has 2 aromatic rings. The van der Waals surface area contributed by atoms with Crippen LogP contribution in [0.15, 0.2) is 48.3 Å². The van der Waals surface area contributed by atoms with Crippen LogP contribution >= 0.6 is 23.4 Å². The first kappa shape index (κ1) is 21.6. The van der Waals surface area contributed by atoms with Gasteiger partial charge in [0, 0.05) is 30.1 Å². The minimum atomic E-state index is 0.698. The molecule has 1 aromatic heterocycles. The molecular formula is C21H29ClN4S. The Hall–Kier alpha value is -1.69. The number of halogens is 1. The van der Waals surface area contributed by atoms with Gasteiger partial charge in [-0.1, -0.05) is 55.6 Å². The minimum Gasteiger partial charge on any atom is -0.348 e. The fourth-order valence-electron chi connectivity index (χ4n) is 2.77. The highest BCUT2D eigenvalue weighted by Gasteiger charge is 2.20. The van der Waals surface area contributed by atoms with Crippen molar-refractivity contribution in [2.75, 3.05) is 25.9 Å². The molecule has 1 heterocycles. The van der Waals surface area contributed by atoms with Crippen molar-refractivity contribution in [3.05, 3.63) is 65.1 Å². The van der Waals surface area contributed by atoms with E-state index in [1.54, 1.807) is 11.8 Å². The quantitative estimate of drug-likeness (QED) is 0.444. The molecule has 0 spiro atoms. The summed E-state index contributed by atoms with van der Waals surface area (Å²) in [5, 5.41) is 5.10. The number of aromatic nitrogens is 2. The zero-order valence-corrected chi connectivity index (χ0v) is 18.3. The van der Waals surface area contributed by atoms with Gasteiger partial charge in [0.15, 0.2) is 5.16 Å². The average molecular weight is 405 g/mol. The van der Waals surface area contributed by atoms with Crippen LogP contribution in [0, 0.1) is 6.92 Å². The van der Waals surface area contributed by atoms with Crippen molar-refractivity contribution in [3.63, 3.8) is 0 Å². The van der Waals surface area contributed by atoms with Crippen molar-refractivity contribution in [2.45, 2.75) is 32.5 Å². The number of hydrogen-bond acceptors (Lipinski definition) is 4. The smallest absolute Gasteiger partial charge is 0.169 e. The van der Waals surface area contributed by atoms with E-state index in [0.717, 1.165) is 57.4 Å². The predicted molar refractivity (Wildman–Crippen MR) is 118 cm³/mol. The van der Waals surface area contributed by atoms with Gasteiger partial charge < -0.3 is 14.8 Å². The van der Waals surface area contributed by atoms with Gasteiger partial charge in [-0.25, -0.2) is 4.98 Å². The van der Waals surface area contributed by atoms with Gasteiger partial charge in [0.2, 0.25) is 0 Å². The van der Waals surface area contributed by atoms with Crippen molar-refractivity contribution in [2.24, 2.45) is 0 Å². The van der Waals surface area contributed by atoms with Crippen LogP contribution in [0.3, 0.4) is 0 Å². The Morgan fingerprint density at radius 2 is 2.11 bits per heavy atom. The van der Waals surface area contributed by atoms with Crippen molar-refractivity contribution >= 4 is 29.1 Å². The van der Waals surface area contributed by atoms with Crippen LogP contribution < -0.4 is 5.32 Å². The molecular weight excluding hydrogens is 376 g/mol. The lowest BCUT2D eigenvalue weighted by atomic mass is 10.2. The molecule has 6 heteroatoms. The molecule has 0 aliphatic carbocycles. The zero-order valence-electron chi connectivity index (χ0n) is 16.7. The van der Waals surface area contributed by atoms with E-state index in [1.807, 2.05) is 44.0 Å². The lowest BCUT2D eigenvalue weighted by Gasteiger charge is -2.23. The maximum Gasteiger partial charge on any atom is 0.169 e. The Kier molecular flexibility index (Phi) is 8.02. The van der Waals surface area contributed by atoms with Gasteiger partial charge in [0.25, 0.3) is 0 Å². The van der Waals surface area contributed by atoms with E-state index in [2.05, 4.69) is 36.0 Å². The molecule has 0 radical (unpaired) electrons. The first-order chi connectivity index (χ1) is 12.8. The molecule has 1 aromatic carbocycles. The van der Waals surface area contributed by atoms with E-state index < -0.39 is 0 Å². The van der Waals surface area contributed by atoms with E-state index >= 15 is 0 Å². The van der Waals surface area contributed by atoms with E-state index in [4.69, 9.17) is 16.6 Å². The monoisotopic (exact) mass is 404 g/mol. The summed E-state index contributed by atoms with van der Waals surface area (Å²) < 4.78 is 2.24. The Bertz CT molecular complexity index is 813. The summed E-state index contributed by atoms with van der Waals surface area (Å²) in [5.74, 6) is 0.960. The summed E-state index contributed by atoms with van der Waals surface area (Å²) in [4.78, 5) is 6.84. The van der Waals surface area contributed by atoms with Crippen LogP contribution in [-0.2, 0) is 6.54 Å². The number of thioether (sulfide) groups is 1. The van der Waals surface area contributed by atoms with E-state index in [-0.39, 0.29) is 0 Å². The van der Waals surface area contributed by atoms with Crippen molar-refractivity contribution in [3.8, 4) is 0 Å². The topological polar surface area (TPSA) is 33.1 Å². The summed E-state index contributed by atoms with van der Waals surface area (Å²) in [7, 11) is 1.98. The second kappa shape index (κ2) is 10.0. The summed E-state index contributed by atoms with van der Waals surface area (Å²) in [6, 6.07) is 7.96. The summed E-state index contributed by atoms with van der Waals surface area (Å²) in [6.45, 7) is 17.1. The second-order valence-corrected chi connectivity index (χ2v) is 7.99. The molecule has 0 unspecified atom stereocenters. The molecule has 0 bridgehead atoms. The third-order valence-corrected chi connectivity index (χ3v) is 5.56. The van der Waals surface area contributed by atoms with Crippen LogP contribution in [0.2, 0.25) is 5.02 Å². The fraction of sp³-hybridized carbons (Fsp3) is 0.381. The van der Waals surface area contributed by atoms with Crippen molar-refractivity contribution in [1.29, 1.82) is 0 Å². The molecule has 27 heavy (non-hydrogen) atoms. The highest BCUT2D eigenvalue weighted by Crippen LogP contribution is 2.29. The molecule has 0 fully saturated rings. The van der Waals surface area contributed by atoms with Crippen LogP contribution in [-0.4, -0.2) is 40.3 Å². The van der Waals surface area contributed by atoms with E-state index in [1.165, 1.54) is 0 Å². The number of aryl methyl sites for hydroxylation is 1. The number of nitrogens with one attached hydrogen (secondary N) is 1. The molecule has 0 saturated heterocycles. The lowest BCUT2D eigenvalue weighted by Crippen LogP contribution is -2.18. The highest BCUT2D eigenvalue weighted by molar-refractivity contribution is 7.99. The third-order valence-electron chi connectivity index (χ3n) is 4.35. The normalized spacial score (nSPS) is 10.9. The fourth-order valence-corrected chi connectivity index (χ4v) is 3.92. The zero-order chi connectivity index (χ0) is 20.0. The number of benzene rings is 1. The number of rotatable bonds is 10. The maximum atomic E-state index is 6.19. The van der Waals surface area contributed by atoms with Gasteiger partial charge in [0.1, 0.15) is 0 Å². The molecule has 0 atom stereocenters. The average Bonchev–Trinajstić information content (AvgIpc) is 2.92. The SMILES string of the molecule is C=C(C)N(C)C(=C)c1c(C)nc(SCCNCC)n1Cc1cccc(Cl)c1. The first-order valence-electron chi connectivity index (χ1n) is 9.08. The number of allylic oxidation sites excluding steroid dienone is 1. The standard InChI is InChI=1S/C21H29ClN4S/c1-7-23-11-12-27-21-24-16(4)20(17(5)25(6)15(2)3)26(21)14-18-9-8-10-19(22)13-18/h8-10,13,23H,2,5,7,11-12,14H2,1,3-4,6H3.